The number of benzene rings is 2. The summed E-state index contributed by atoms with van der Waals surface area (Å²) in [5.74, 6) is -0.932. The summed E-state index contributed by atoms with van der Waals surface area (Å²) in [6.45, 7) is 6.16. The first kappa shape index (κ1) is 28.2. The van der Waals surface area contributed by atoms with Crippen molar-refractivity contribution in [3.05, 3.63) is 66.4 Å². The van der Waals surface area contributed by atoms with Crippen LogP contribution in [-0.4, -0.2) is 36.5 Å². The number of carbonyl (C=O) groups excluding carboxylic acids is 1. The van der Waals surface area contributed by atoms with Gasteiger partial charge in [0.15, 0.2) is 0 Å². The predicted molar refractivity (Wildman–Crippen MR) is 135 cm³/mol. The highest BCUT2D eigenvalue weighted by Gasteiger charge is 2.27. The number of anilines is 1. The molecule has 0 bridgehead atoms. The topological polar surface area (TPSA) is 129 Å². The third-order valence-corrected chi connectivity index (χ3v) is 6.62. The lowest BCUT2D eigenvalue weighted by molar-refractivity contribution is -0.572. The van der Waals surface area contributed by atoms with Gasteiger partial charge in [-0.05, 0) is 55.4 Å². The predicted octanol–water partition coefficient (Wildman–Crippen LogP) is 4.01. The Balaban J connectivity index is 2.22. The maximum Gasteiger partial charge on any atom is 0.303 e. The molecule has 0 spiro atoms. The minimum Gasteiger partial charge on any atom is -0.481 e. The first-order chi connectivity index (χ1) is 16.4. The summed E-state index contributed by atoms with van der Waals surface area (Å²) >= 11 is 0. The van der Waals surface area contributed by atoms with Gasteiger partial charge in [0.05, 0.1) is 11.4 Å². The molecule has 0 aliphatic rings. The molecule has 2 rings (SSSR count). The number of hydrogen-bond donors (Lipinski definition) is 3. The summed E-state index contributed by atoms with van der Waals surface area (Å²) in [5.41, 5.74) is 1.86. The highest BCUT2D eigenvalue weighted by Crippen LogP contribution is 2.33. The molecule has 0 aromatic heterocycles. The molecule has 1 amide bonds. The number of carbonyl (C=O) groups is 2. The Bertz CT molecular complexity index is 1140. The van der Waals surface area contributed by atoms with E-state index < -0.39 is 21.5 Å². The fraction of sp³-hybridized carbons (Fsp3) is 0.385. The molecule has 0 aliphatic heterocycles. The number of nitrogens with zero attached hydrogens (tertiary/aromatic N) is 1. The van der Waals surface area contributed by atoms with Crippen LogP contribution < -0.4 is 10.2 Å². The van der Waals surface area contributed by atoms with Gasteiger partial charge in [0.2, 0.25) is 5.91 Å². The van der Waals surface area contributed by atoms with E-state index in [9.17, 15) is 22.6 Å². The first-order valence-corrected chi connectivity index (χ1v) is 13.0. The summed E-state index contributed by atoms with van der Waals surface area (Å²) < 4.78 is 33.2. The number of carboxylic acid groups (broad SMARTS) is 1. The molecule has 4 N–H and O–H groups in total. The van der Waals surface area contributed by atoms with Crippen LogP contribution in [0.15, 0.2) is 65.7 Å². The molecule has 0 saturated carbocycles. The Morgan fingerprint density at radius 1 is 1.06 bits per heavy atom. The number of aliphatic carboxylic acids is 1. The third kappa shape index (κ3) is 8.93. The van der Waals surface area contributed by atoms with Crippen LogP contribution in [0.3, 0.4) is 0 Å². The third-order valence-electron chi connectivity index (χ3n) is 5.77. The number of nitrogens with two attached hydrogens (primary N) is 1. The molecule has 2 aromatic carbocycles. The average molecular weight is 504 g/mol. The molecule has 0 heterocycles. The van der Waals surface area contributed by atoms with E-state index in [2.05, 4.69) is 0 Å². The minimum absolute atomic E-state index is 0.129. The summed E-state index contributed by atoms with van der Waals surface area (Å²) in [4.78, 5) is 24.2. The van der Waals surface area contributed by atoms with Gasteiger partial charge in [-0.2, -0.15) is 8.42 Å². The Kier molecular flexibility index (Phi) is 10.2. The van der Waals surface area contributed by atoms with Gasteiger partial charge >= 0.3 is 5.97 Å². The standard InChI is InChI=1S/C26H34N2O6S/c1-20(29)28(21-11-6-4-7-12-21)18-10-16-26(2,3)23-19-22(35(32,33)34)14-15-24(23)27-17-9-5-8-13-25(30)31/h4,6-7,10-12,14-15,18-19,27H,5,8-9,13,16-17H2,1-3H3,(H,30,31)(H,32,33,34)/p+1/b18-10+. The van der Waals surface area contributed by atoms with Crippen molar-refractivity contribution in [2.24, 2.45) is 0 Å². The largest absolute Gasteiger partial charge is 0.481 e. The van der Waals surface area contributed by atoms with E-state index >= 15 is 0 Å². The molecule has 9 heteroatoms. The fourth-order valence-corrected chi connectivity index (χ4v) is 4.35. The lowest BCUT2D eigenvalue weighted by atomic mass is 9.80. The normalized spacial score (nSPS) is 12.1. The maximum absolute atomic E-state index is 12.2. The molecule has 0 aliphatic carbocycles. The second-order valence-electron chi connectivity index (χ2n) is 9.12. The number of allylic oxidation sites excluding steroid dienone is 1. The lowest BCUT2D eigenvalue weighted by Crippen LogP contribution is -2.78. The van der Waals surface area contributed by atoms with Crippen LogP contribution in [0.4, 0.5) is 11.4 Å². The van der Waals surface area contributed by atoms with E-state index in [0.717, 1.165) is 36.3 Å². The highest BCUT2D eigenvalue weighted by atomic mass is 32.2. The summed E-state index contributed by atoms with van der Waals surface area (Å²) in [6, 6.07) is 13.8. The van der Waals surface area contributed by atoms with Crippen molar-refractivity contribution >= 4 is 33.4 Å². The zero-order chi connectivity index (χ0) is 26.1. The number of rotatable bonds is 13. The van der Waals surface area contributed by atoms with E-state index in [1.807, 2.05) is 55.6 Å². The van der Waals surface area contributed by atoms with Crippen molar-refractivity contribution in [2.45, 2.75) is 63.2 Å². The summed E-state index contributed by atoms with van der Waals surface area (Å²) in [6.07, 6.45) is 6.47. The van der Waals surface area contributed by atoms with Crippen molar-refractivity contribution in [1.29, 1.82) is 0 Å². The second kappa shape index (κ2) is 12.6. The number of carboxylic acids is 1. The molecule has 190 valence electrons. The van der Waals surface area contributed by atoms with Crippen LogP contribution in [0.2, 0.25) is 0 Å². The van der Waals surface area contributed by atoms with Gasteiger partial charge in [-0.3, -0.25) is 19.0 Å². The van der Waals surface area contributed by atoms with Gasteiger partial charge < -0.3 is 10.4 Å². The van der Waals surface area contributed by atoms with Gasteiger partial charge in [0.25, 0.3) is 10.1 Å². The Hall–Kier alpha value is -3.01. The van der Waals surface area contributed by atoms with Gasteiger partial charge in [-0.15, -0.1) is 0 Å². The van der Waals surface area contributed by atoms with Crippen LogP contribution in [0.1, 0.15) is 58.4 Å². The summed E-state index contributed by atoms with van der Waals surface area (Å²) in [5, 5.41) is 10.8. The molecule has 0 fully saturated rings. The number of unbranched alkanes of at least 4 members (excludes halogenated alkanes) is 2. The van der Waals surface area contributed by atoms with Gasteiger partial charge in [0.1, 0.15) is 5.69 Å². The number of quaternary nitrogens is 1. The monoisotopic (exact) mass is 503 g/mol. The van der Waals surface area contributed by atoms with Crippen LogP contribution in [0.5, 0.6) is 0 Å². The van der Waals surface area contributed by atoms with Gasteiger partial charge in [0, 0.05) is 36.9 Å². The second-order valence-corrected chi connectivity index (χ2v) is 10.5. The smallest absolute Gasteiger partial charge is 0.303 e. The zero-order valence-corrected chi connectivity index (χ0v) is 21.3. The average Bonchev–Trinajstić information content (AvgIpc) is 2.78. The van der Waals surface area contributed by atoms with Crippen molar-refractivity contribution in [3.8, 4) is 0 Å². The molecule has 35 heavy (non-hydrogen) atoms. The minimum atomic E-state index is -4.36. The van der Waals surface area contributed by atoms with E-state index in [-0.39, 0.29) is 17.2 Å². The van der Waals surface area contributed by atoms with Crippen LogP contribution in [0.25, 0.3) is 0 Å². The number of amides is 1. The van der Waals surface area contributed by atoms with E-state index in [4.69, 9.17) is 5.11 Å². The lowest BCUT2D eigenvalue weighted by Gasteiger charge is -2.26. The van der Waals surface area contributed by atoms with Crippen LogP contribution in [0, 0.1) is 0 Å². The molecular weight excluding hydrogens is 468 g/mol. The molecule has 0 atom stereocenters. The Morgan fingerprint density at radius 2 is 1.74 bits per heavy atom. The first-order valence-electron chi connectivity index (χ1n) is 11.6. The number of para-hydroxylation sites is 1. The van der Waals surface area contributed by atoms with E-state index in [1.54, 1.807) is 17.2 Å². The molecule has 0 saturated heterocycles. The maximum atomic E-state index is 12.2. The zero-order valence-electron chi connectivity index (χ0n) is 20.5. The molecule has 0 radical (unpaired) electrons. The summed E-state index contributed by atoms with van der Waals surface area (Å²) in [7, 11) is -4.36. The van der Waals surface area contributed by atoms with E-state index in [1.165, 1.54) is 19.1 Å². The van der Waals surface area contributed by atoms with Crippen molar-refractivity contribution in [2.75, 3.05) is 11.4 Å². The quantitative estimate of drug-likeness (QED) is 0.215. The van der Waals surface area contributed by atoms with Crippen molar-refractivity contribution in [3.63, 3.8) is 0 Å². The highest BCUT2D eigenvalue weighted by molar-refractivity contribution is 7.85. The Labute approximate surface area is 207 Å². The van der Waals surface area contributed by atoms with Crippen LogP contribution in [-0.2, 0) is 25.1 Å². The Morgan fingerprint density at radius 3 is 2.34 bits per heavy atom. The fourth-order valence-electron chi connectivity index (χ4n) is 3.84. The molecule has 0 unspecified atom stereocenters. The molecule has 8 nitrogen and oxygen atoms in total. The molecule has 2 aromatic rings. The molecular formula is C26H35N2O6S+. The SMILES string of the molecule is CC(=O)N(/C=C/CC(C)(C)c1cc(S(=O)(=O)O)ccc1[NH2+]CCCCCC(=O)O)c1ccccc1. The number of hydrogen-bond acceptors (Lipinski definition) is 4. The van der Waals surface area contributed by atoms with Gasteiger partial charge in [-0.25, -0.2) is 0 Å². The van der Waals surface area contributed by atoms with Crippen molar-refractivity contribution in [1.82, 2.24) is 0 Å². The van der Waals surface area contributed by atoms with Crippen LogP contribution >= 0.6 is 0 Å². The van der Waals surface area contributed by atoms with E-state index in [0.29, 0.717) is 12.8 Å². The van der Waals surface area contributed by atoms with Gasteiger partial charge in [-0.1, -0.05) is 38.1 Å². The van der Waals surface area contributed by atoms with Crippen molar-refractivity contribution < 1.29 is 33.0 Å².